The Labute approximate surface area is 134 Å². The van der Waals surface area contributed by atoms with Crippen molar-refractivity contribution in [1.82, 2.24) is 20.4 Å². The zero-order chi connectivity index (χ0) is 16.4. The summed E-state index contributed by atoms with van der Waals surface area (Å²) in [5, 5.41) is 12.6. The highest BCUT2D eigenvalue weighted by atomic mass is 16.2. The lowest BCUT2D eigenvalue weighted by Gasteiger charge is -2.15. The summed E-state index contributed by atoms with van der Waals surface area (Å²) in [7, 11) is 0. The fraction of sp³-hybridized carbons (Fsp3) is 0.312. The SMILES string of the molecule is Cc1ccc(-n2cc(C)cn2)c(NC(=O)N[C@@H]2CNC(=O)C2)c1. The van der Waals surface area contributed by atoms with Crippen LogP contribution in [0.15, 0.2) is 30.6 Å². The van der Waals surface area contributed by atoms with E-state index in [2.05, 4.69) is 21.0 Å². The van der Waals surface area contributed by atoms with Gasteiger partial charge in [0.2, 0.25) is 5.91 Å². The van der Waals surface area contributed by atoms with Crippen molar-refractivity contribution in [2.45, 2.75) is 26.3 Å². The number of hydrogen-bond acceptors (Lipinski definition) is 3. The summed E-state index contributed by atoms with van der Waals surface area (Å²) in [6, 6.07) is 5.27. The van der Waals surface area contributed by atoms with E-state index in [0.717, 1.165) is 16.8 Å². The van der Waals surface area contributed by atoms with Crippen molar-refractivity contribution in [2.75, 3.05) is 11.9 Å². The normalized spacial score (nSPS) is 17.0. The van der Waals surface area contributed by atoms with Crippen LogP contribution in [0, 0.1) is 13.8 Å². The first-order valence-electron chi connectivity index (χ1n) is 7.48. The molecule has 0 aliphatic carbocycles. The van der Waals surface area contributed by atoms with Gasteiger partial charge in [-0.2, -0.15) is 5.10 Å². The van der Waals surface area contributed by atoms with E-state index in [1.165, 1.54) is 0 Å². The molecule has 1 saturated heterocycles. The lowest BCUT2D eigenvalue weighted by Crippen LogP contribution is -2.39. The first-order valence-corrected chi connectivity index (χ1v) is 7.48. The molecule has 1 fully saturated rings. The van der Waals surface area contributed by atoms with Crippen molar-refractivity contribution in [3.05, 3.63) is 41.7 Å². The predicted molar refractivity (Wildman–Crippen MR) is 86.6 cm³/mol. The average molecular weight is 313 g/mol. The summed E-state index contributed by atoms with van der Waals surface area (Å²) in [5.74, 6) is -0.0430. The molecule has 0 bridgehead atoms. The van der Waals surface area contributed by atoms with E-state index in [9.17, 15) is 9.59 Å². The largest absolute Gasteiger partial charge is 0.354 e. The molecule has 1 atom stereocenters. The highest BCUT2D eigenvalue weighted by molar-refractivity contribution is 5.92. The third-order valence-electron chi connectivity index (χ3n) is 3.67. The molecule has 0 saturated carbocycles. The van der Waals surface area contributed by atoms with Gasteiger partial charge in [-0.1, -0.05) is 6.07 Å². The zero-order valence-electron chi connectivity index (χ0n) is 13.1. The zero-order valence-corrected chi connectivity index (χ0v) is 13.1. The van der Waals surface area contributed by atoms with E-state index in [1.807, 2.05) is 38.2 Å². The van der Waals surface area contributed by atoms with Crippen molar-refractivity contribution >= 4 is 17.6 Å². The van der Waals surface area contributed by atoms with E-state index < -0.39 is 0 Å². The summed E-state index contributed by atoms with van der Waals surface area (Å²) >= 11 is 0. The molecule has 1 aliphatic heterocycles. The minimum atomic E-state index is -0.331. The molecule has 2 aromatic rings. The van der Waals surface area contributed by atoms with Crippen molar-refractivity contribution in [3.63, 3.8) is 0 Å². The Kier molecular flexibility index (Phi) is 4.01. The van der Waals surface area contributed by atoms with Gasteiger partial charge >= 0.3 is 6.03 Å². The summed E-state index contributed by atoms with van der Waals surface area (Å²) < 4.78 is 1.73. The molecular formula is C16H19N5O2. The predicted octanol–water partition coefficient (Wildman–Crippen LogP) is 1.50. The maximum atomic E-state index is 12.2. The Morgan fingerprint density at radius 1 is 1.35 bits per heavy atom. The summed E-state index contributed by atoms with van der Waals surface area (Å²) in [5.41, 5.74) is 3.53. The van der Waals surface area contributed by atoms with Crippen LogP contribution in [-0.4, -0.2) is 34.3 Å². The van der Waals surface area contributed by atoms with Gasteiger partial charge in [-0.3, -0.25) is 4.79 Å². The minimum absolute atomic E-state index is 0.0430. The number of carbonyl (C=O) groups excluding carboxylic acids is 2. The maximum absolute atomic E-state index is 12.2. The molecule has 23 heavy (non-hydrogen) atoms. The number of nitrogens with zero attached hydrogens (tertiary/aromatic N) is 2. The summed E-state index contributed by atoms with van der Waals surface area (Å²) in [6.45, 7) is 4.38. The molecule has 0 spiro atoms. The van der Waals surface area contributed by atoms with Gasteiger partial charge in [0.15, 0.2) is 0 Å². The number of anilines is 1. The monoisotopic (exact) mass is 313 g/mol. The standard InChI is InChI=1S/C16H19N5O2/c1-10-3-4-14(21-9-11(2)7-18-21)13(5-10)20-16(23)19-12-6-15(22)17-8-12/h3-5,7,9,12H,6,8H2,1-2H3,(H,17,22)(H2,19,20,23)/t12-/m0/s1. The second-order valence-electron chi connectivity index (χ2n) is 5.79. The lowest BCUT2D eigenvalue weighted by atomic mass is 10.2. The van der Waals surface area contributed by atoms with Gasteiger partial charge in [-0.25, -0.2) is 9.48 Å². The van der Waals surface area contributed by atoms with E-state index in [-0.39, 0.29) is 18.0 Å². The van der Waals surface area contributed by atoms with E-state index in [0.29, 0.717) is 18.7 Å². The van der Waals surface area contributed by atoms with E-state index in [1.54, 1.807) is 10.9 Å². The fourth-order valence-electron chi connectivity index (χ4n) is 2.55. The maximum Gasteiger partial charge on any atom is 0.319 e. The summed E-state index contributed by atoms with van der Waals surface area (Å²) in [6.07, 6.45) is 3.97. The van der Waals surface area contributed by atoms with E-state index >= 15 is 0 Å². The van der Waals surface area contributed by atoms with Crippen molar-refractivity contribution < 1.29 is 9.59 Å². The Bertz CT molecular complexity index is 753. The second kappa shape index (κ2) is 6.12. The Balaban J connectivity index is 1.77. The van der Waals surface area contributed by atoms with Crippen LogP contribution in [0.2, 0.25) is 0 Å². The van der Waals surface area contributed by atoms with Crippen LogP contribution in [0.25, 0.3) is 5.69 Å². The van der Waals surface area contributed by atoms with Crippen LogP contribution in [0.5, 0.6) is 0 Å². The van der Waals surface area contributed by atoms with Crippen molar-refractivity contribution in [1.29, 1.82) is 0 Å². The Hall–Kier alpha value is -2.83. The van der Waals surface area contributed by atoms with Crippen LogP contribution in [0.4, 0.5) is 10.5 Å². The van der Waals surface area contributed by atoms with Crippen LogP contribution < -0.4 is 16.0 Å². The number of hydrogen-bond donors (Lipinski definition) is 3. The quantitative estimate of drug-likeness (QED) is 0.802. The fourth-order valence-corrected chi connectivity index (χ4v) is 2.55. The molecule has 0 unspecified atom stereocenters. The minimum Gasteiger partial charge on any atom is -0.354 e. The van der Waals surface area contributed by atoms with Crippen LogP contribution in [-0.2, 0) is 4.79 Å². The van der Waals surface area contributed by atoms with Gasteiger partial charge in [0.25, 0.3) is 0 Å². The molecule has 0 radical (unpaired) electrons. The molecule has 3 rings (SSSR count). The molecule has 7 heteroatoms. The third-order valence-corrected chi connectivity index (χ3v) is 3.67. The van der Waals surface area contributed by atoms with Gasteiger partial charge < -0.3 is 16.0 Å². The number of amides is 3. The van der Waals surface area contributed by atoms with Gasteiger partial charge in [0.05, 0.1) is 23.6 Å². The smallest absolute Gasteiger partial charge is 0.319 e. The number of nitrogens with one attached hydrogen (secondary N) is 3. The third kappa shape index (κ3) is 3.50. The van der Waals surface area contributed by atoms with E-state index in [4.69, 9.17) is 0 Å². The molecule has 7 nitrogen and oxygen atoms in total. The number of benzene rings is 1. The molecule has 2 heterocycles. The van der Waals surface area contributed by atoms with Crippen LogP contribution >= 0.6 is 0 Å². The van der Waals surface area contributed by atoms with Crippen molar-refractivity contribution in [3.8, 4) is 5.69 Å². The number of carbonyl (C=O) groups is 2. The second-order valence-corrected chi connectivity index (χ2v) is 5.79. The Morgan fingerprint density at radius 3 is 2.83 bits per heavy atom. The molecule has 1 aliphatic rings. The molecule has 1 aromatic heterocycles. The number of urea groups is 1. The topological polar surface area (TPSA) is 88.1 Å². The Morgan fingerprint density at radius 2 is 2.17 bits per heavy atom. The number of rotatable bonds is 3. The van der Waals surface area contributed by atoms with Gasteiger partial charge in [0.1, 0.15) is 0 Å². The molecule has 3 N–H and O–H groups in total. The lowest BCUT2D eigenvalue weighted by molar-refractivity contribution is -0.119. The summed E-state index contributed by atoms with van der Waals surface area (Å²) in [4.78, 5) is 23.4. The molecular weight excluding hydrogens is 294 g/mol. The van der Waals surface area contributed by atoms with Crippen LogP contribution in [0.1, 0.15) is 17.5 Å². The van der Waals surface area contributed by atoms with Crippen LogP contribution in [0.3, 0.4) is 0 Å². The highest BCUT2D eigenvalue weighted by Gasteiger charge is 2.23. The molecule has 120 valence electrons. The van der Waals surface area contributed by atoms with Gasteiger partial charge in [-0.15, -0.1) is 0 Å². The van der Waals surface area contributed by atoms with Crippen molar-refractivity contribution in [2.24, 2.45) is 0 Å². The number of aryl methyl sites for hydroxylation is 2. The first-order chi connectivity index (χ1) is 11.0. The molecule has 1 aromatic carbocycles. The van der Waals surface area contributed by atoms with Gasteiger partial charge in [-0.05, 0) is 37.1 Å². The first kappa shape index (κ1) is 15.1. The highest BCUT2D eigenvalue weighted by Crippen LogP contribution is 2.21. The van der Waals surface area contributed by atoms with Gasteiger partial charge in [0, 0.05) is 19.2 Å². The molecule has 3 amide bonds. The average Bonchev–Trinajstić information content (AvgIpc) is 3.08. The number of aromatic nitrogens is 2.